The van der Waals surface area contributed by atoms with Gasteiger partial charge in [0.2, 0.25) is 0 Å². The summed E-state index contributed by atoms with van der Waals surface area (Å²) in [6, 6.07) is 5.40. The molecule has 2 aromatic carbocycles. The maximum absolute atomic E-state index is 17.9. The number of ether oxygens (including phenoxy) is 3. The summed E-state index contributed by atoms with van der Waals surface area (Å²) in [5.74, 6) is 1.54. The maximum Gasteiger partial charge on any atom is 0.429 e. The second-order valence-corrected chi connectivity index (χ2v) is 26.8. The topological polar surface area (TPSA) is 134 Å². The van der Waals surface area contributed by atoms with Crippen molar-refractivity contribution in [3.63, 3.8) is 0 Å². The van der Waals surface area contributed by atoms with Crippen LogP contribution in [0, 0.1) is 23.1 Å². The average Bonchev–Trinajstić information content (AvgIpc) is 3.64. The highest BCUT2D eigenvalue weighted by Crippen LogP contribution is 2.44. The number of phenolic OH excluding ortho intramolecular Hbond substituents is 1. The highest BCUT2D eigenvalue weighted by molar-refractivity contribution is 6.90. The quantitative estimate of drug-likeness (QED) is 0.134. The van der Waals surface area contributed by atoms with Crippen LogP contribution >= 0.6 is 0 Å². The van der Waals surface area contributed by atoms with E-state index in [9.17, 15) is 19.1 Å². The van der Waals surface area contributed by atoms with Crippen molar-refractivity contribution in [2.45, 2.75) is 142 Å². The van der Waals surface area contributed by atoms with E-state index in [1.165, 1.54) is 45.4 Å². The van der Waals surface area contributed by atoms with E-state index in [2.05, 4.69) is 67.9 Å². The number of aromatic nitrogens is 3. The number of nitrogens with zero attached hydrogens (tertiary/aromatic N) is 7. The molecule has 0 saturated carbocycles. The largest absolute Gasteiger partial charge is 0.508 e. The molecule has 13 nitrogen and oxygen atoms in total. The van der Waals surface area contributed by atoms with Gasteiger partial charge in [-0.3, -0.25) is 14.9 Å². The van der Waals surface area contributed by atoms with E-state index in [0.29, 0.717) is 18.4 Å². The van der Waals surface area contributed by atoms with E-state index in [1.54, 1.807) is 41.5 Å². The van der Waals surface area contributed by atoms with Crippen LogP contribution in [-0.2, 0) is 9.47 Å². The molecule has 5 heterocycles. The van der Waals surface area contributed by atoms with Crippen LogP contribution in [0.3, 0.4) is 0 Å². The van der Waals surface area contributed by atoms with Crippen LogP contribution in [0.25, 0.3) is 32.9 Å². The van der Waals surface area contributed by atoms with E-state index >= 15 is 8.78 Å². The molecule has 0 radical (unpaired) electrons. The SMILES string of the molecule is CC(C)[Si](C#Cc1c(F)ccc2cc(O)cc(-c3ncc4c(N5CCN(C(=O)OC(C)(C)C)CCN5C(=O)OC(C)(C)C)nc(OC[C@@]56CCCN5C[C@H](F)C6)nc4c3F)c12)(C(C)C)C(C)C. The Morgan fingerprint density at radius 1 is 0.910 bits per heavy atom. The van der Waals surface area contributed by atoms with Gasteiger partial charge in [0.05, 0.1) is 29.6 Å². The summed E-state index contributed by atoms with van der Waals surface area (Å²) < 4.78 is 67.0. The Morgan fingerprint density at radius 3 is 2.22 bits per heavy atom. The highest BCUT2D eigenvalue weighted by atomic mass is 28.3. The Morgan fingerprint density at radius 2 is 1.57 bits per heavy atom. The number of carbonyl (C=O) groups excluding carboxylic acids is 2. The Bertz CT molecular complexity index is 2590. The number of anilines is 1. The predicted molar refractivity (Wildman–Crippen MR) is 256 cm³/mol. The molecule has 2 amide bonds. The number of halogens is 3. The van der Waals surface area contributed by atoms with Crippen LogP contribution in [-0.4, -0.2) is 124 Å². The minimum Gasteiger partial charge on any atom is -0.508 e. The van der Waals surface area contributed by atoms with Gasteiger partial charge in [-0.15, -0.1) is 5.54 Å². The predicted octanol–water partition coefficient (Wildman–Crippen LogP) is 10.6. The second-order valence-electron chi connectivity index (χ2n) is 21.2. The molecule has 0 aliphatic carbocycles. The molecule has 1 N–H and O–H groups in total. The van der Waals surface area contributed by atoms with Crippen molar-refractivity contribution in [3.8, 4) is 34.5 Å². The molecule has 0 unspecified atom stereocenters. The smallest absolute Gasteiger partial charge is 0.429 e. The molecule has 3 fully saturated rings. The first kappa shape index (κ1) is 49.6. The molecule has 17 heteroatoms. The van der Waals surface area contributed by atoms with Crippen molar-refractivity contribution in [2.24, 2.45) is 0 Å². The lowest BCUT2D eigenvalue weighted by atomic mass is 9.95. The van der Waals surface area contributed by atoms with Crippen molar-refractivity contribution in [3.05, 3.63) is 47.7 Å². The number of amides is 2. The van der Waals surface area contributed by atoms with Crippen molar-refractivity contribution >= 4 is 47.8 Å². The fourth-order valence-corrected chi connectivity index (χ4v) is 15.7. The Balaban J connectivity index is 1.44. The number of benzene rings is 2. The molecule has 3 saturated heterocycles. The van der Waals surface area contributed by atoms with E-state index in [-0.39, 0.29) is 113 Å². The summed E-state index contributed by atoms with van der Waals surface area (Å²) in [5, 5.41) is 14.7. The second kappa shape index (κ2) is 18.6. The third-order valence-corrected chi connectivity index (χ3v) is 19.7. The number of hydrogen-bond acceptors (Lipinski definition) is 11. The van der Waals surface area contributed by atoms with Crippen molar-refractivity contribution in [1.82, 2.24) is 29.8 Å². The number of rotatable bonds is 8. The van der Waals surface area contributed by atoms with Crippen LogP contribution in [0.15, 0.2) is 30.5 Å². The summed E-state index contributed by atoms with van der Waals surface area (Å²) >= 11 is 0. The van der Waals surface area contributed by atoms with Crippen molar-refractivity contribution < 1.29 is 42.1 Å². The third kappa shape index (κ3) is 9.97. The zero-order chi connectivity index (χ0) is 49.0. The molecule has 362 valence electrons. The first-order valence-electron chi connectivity index (χ1n) is 23.5. The van der Waals surface area contributed by atoms with Gasteiger partial charge < -0.3 is 24.2 Å². The van der Waals surface area contributed by atoms with Gasteiger partial charge in [-0.2, -0.15) is 9.97 Å². The van der Waals surface area contributed by atoms with Crippen LogP contribution in [0.2, 0.25) is 16.6 Å². The number of hydrogen-bond donors (Lipinski definition) is 1. The van der Waals surface area contributed by atoms with Gasteiger partial charge in [0, 0.05) is 43.2 Å². The van der Waals surface area contributed by atoms with E-state index in [1.807, 2.05) is 0 Å². The molecular formula is C50H66F3N7O6Si. The Kier molecular flexibility index (Phi) is 13.8. The highest BCUT2D eigenvalue weighted by Gasteiger charge is 2.49. The summed E-state index contributed by atoms with van der Waals surface area (Å²) in [4.78, 5) is 45.2. The number of alkyl halides is 1. The van der Waals surface area contributed by atoms with Crippen LogP contribution in [0.1, 0.15) is 108 Å². The molecule has 2 atom stereocenters. The molecule has 0 bridgehead atoms. The van der Waals surface area contributed by atoms with E-state index in [0.717, 1.165) is 6.42 Å². The molecule has 7 rings (SSSR count). The lowest BCUT2D eigenvalue weighted by Crippen LogP contribution is -2.50. The zero-order valence-corrected chi connectivity index (χ0v) is 42.0. The first-order chi connectivity index (χ1) is 31.3. The maximum atomic E-state index is 17.9. The van der Waals surface area contributed by atoms with Crippen molar-refractivity contribution in [2.75, 3.05) is 50.9 Å². The van der Waals surface area contributed by atoms with Crippen molar-refractivity contribution in [1.29, 1.82) is 0 Å². The molecule has 67 heavy (non-hydrogen) atoms. The van der Waals surface area contributed by atoms with Gasteiger partial charge in [-0.05, 0) is 101 Å². The first-order valence-corrected chi connectivity index (χ1v) is 25.7. The summed E-state index contributed by atoms with van der Waals surface area (Å²) in [6.45, 7) is 24.5. The number of aromatic hydroxyl groups is 1. The minimum atomic E-state index is -2.38. The number of fused-ring (bicyclic) bond motifs is 3. The fraction of sp³-hybridized carbons (Fsp3) is 0.580. The van der Waals surface area contributed by atoms with Gasteiger partial charge in [-0.1, -0.05) is 53.5 Å². The van der Waals surface area contributed by atoms with Gasteiger partial charge >= 0.3 is 18.2 Å². The molecule has 2 aromatic heterocycles. The number of pyridine rings is 1. The van der Waals surface area contributed by atoms with E-state index < -0.39 is 54.8 Å². The average molecular weight is 946 g/mol. The molecule has 4 aromatic rings. The van der Waals surface area contributed by atoms with Crippen LogP contribution in [0.4, 0.5) is 28.6 Å². The Hall–Kier alpha value is -5.34. The number of phenols is 1. The van der Waals surface area contributed by atoms with Crippen LogP contribution < -0.4 is 9.75 Å². The monoisotopic (exact) mass is 945 g/mol. The fourth-order valence-electron chi connectivity index (χ4n) is 10.5. The third-order valence-electron chi connectivity index (χ3n) is 13.4. The van der Waals surface area contributed by atoms with Gasteiger partial charge in [0.15, 0.2) is 11.6 Å². The lowest BCUT2D eigenvalue weighted by molar-refractivity contribution is 0.0185. The summed E-state index contributed by atoms with van der Waals surface area (Å²) in [5.41, 5.74) is 1.72. The number of hydrazine groups is 1. The number of carbonyl (C=O) groups is 2. The van der Waals surface area contributed by atoms with Gasteiger partial charge in [0.1, 0.15) is 54.8 Å². The molecular weight excluding hydrogens is 880 g/mol. The van der Waals surface area contributed by atoms with Crippen LogP contribution in [0.5, 0.6) is 11.8 Å². The molecule has 3 aliphatic rings. The zero-order valence-electron chi connectivity index (χ0n) is 41.0. The normalized spacial score (nSPS) is 19.6. The standard InChI is InChI=1S/C50H66F3N7O6Si/c1-30(2)67(31(3)4,32(5)6)23-16-36-39(52)15-14-33-24-35(61)25-37(40(33)36)42-41(53)43-38(27-54-42)44(56-45(55-43)64-29-50-17-13-18-58(50)28-34(51)26-50)59-21-19-57(46(62)65-48(7,8)9)20-22-60(59)47(63)66-49(10,11)12/h14-15,24-25,27,30-32,34,61H,13,17-22,26,28-29H2,1-12H3/t34-,50+/m1/s1. The minimum absolute atomic E-state index is 0.0204. The van der Waals surface area contributed by atoms with E-state index in [4.69, 9.17) is 19.2 Å². The van der Waals surface area contributed by atoms with Gasteiger partial charge in [0.25, 0.3) is 0 Å². The lowest BCUT2D eigenvalue weighted by Gasteiger charge is -2.38. The molecule has 3 aliphatic heterocycles. The molecule has 0 spiro atoms. The Labute approximate surface area is 393 Å². The summed E-state index contributed by atoms with van der Waals surface area (Å²) in [6.07, 6.45) is 0.809. The summed E-state index contributed by atoms with van der Waals surface area (Å²) in [7, 11) is -2.38. The van der Waals surface area contributed by atoms with Gasteiger partial charge in [-0.25, -0.2) is 27.8 Å².